The fraction of sp³-hybridized carbons (Fsp3) is 0.632. The van der Waals surface area contributed by atoms with Crippen molar-refractivity contribution in [2.24, 2.45) is 4.99 Å². The monoisotopic (exact) mass is 788 g/mol. The number of amidine groups is 1. The number of rotatable bonds is 9. The van der Waals surface area contributed by atoms with Gasteiger partial charge >= 0.3 is 29.2 Å². The fourth-order valence-electron chi connectivity index (χ4n) is 7.38. The van der Waals surface area contributed by atoms with Crippen molar-refractivity contribution in [2.75, 3.05) is 19.5 Å². The number of ether oxygens (including phenoxy) is 2. The maximum atomic E-state index is 14.5. The molecule has 0 unspecified atom stereocenters. The van der Waals surface area contributed by atoms with Crippen molar-refractivity contribution in [1.29, 1.82) is 0 Å². The van der Waals surface area contributed by atoms with Crippen molar-refractivity contribution >= 4 is 57.7 Å². The van der Waals surface area contributed by atoms with Crippen LogP contribution >= 0.6 is 11.8 Å². The van der Waals surface area contributed by atoms with Gasteiger partial charge in [0, 0.05) is 17.3 Å². The molecular weight excluding hydrogens is 729 g/mol. The number of carbonyl (C=O) groups excluding carboxylic acids is 3. The van der Waals surface area contributed by atoms with Gasteiger partial charge in [-0.15, -0.1) is 0 Å². The van der Waals surface area contributed by atoms with Crippen molar-refractivity contribution in [3.63, 3.8) is 0 Å². The third-order valence-corrected chi connectivity index (χ3v) is 20.8. The summed E-state index contributed by atoms with van der Waals surface area (Å²) in [5.74, 6) is -0.954. The number of aliphatic imine (C=N–C) groups is 1. The summed E-state index contributed by atoms with van der Waals surface area (Å²) in [6, 6.07) is 7.65. The maximum absolute atomic E-state index is 14.5. The molecule has 2 amide bonds. The number of carbonyl (C=O) groups is 3. The van der Waals surface area contributed by atoms with Crippen molar-refractivity contribution in [1.82, 2.24) is 15.2 Å². The SMILES string of the molecule is CCOC(=O)c1[nH]cc([C@H]2C[C@@H]3O[Si](C(C)C)(C(C)C)O[Si](C(C)C)(C(C)C)OC[C@H]3N2C(=O)OC(C)(C)C)c1N=C(NC(=O)c1ccccc1)SC. The van der Waals surface area contributed by atoms with E-state index in [1.165, 1.54) is 11.8 Å². The van der Waals surface area contributed by atoms with E-state index in [4.69, 9.17) is 27.4 Å². The van der Waals surface area contributed by atoms with Crippen molar-refractivity contribution in [3.8, 4) is 0 Å². The average molecular weight is 789 g/mol. The Bertz CT molecular complexity index is 1610. The lowest BCUT2D eigenvalue weighted by Crippen LogP contribution is -2.66. The second kappa shape index (κ2) is 17.2. The second-order valence-corrected chi connectivity index (χ2v) is 25.6. The fourth-order valence-corrected chi connectivity index (χ4v) is 19.0. The average Bonchev–Trinajstić information content (AvgIpc) is 3.64. The molecule has 1 aromatic heterocycles. The van der Waals surface area contributed by atoms with Crippen LogP contribution in [-0.2, 0) is 22.4 Å². The Hall–Kier alpha value is -2.96. The zero-order chi connectivity index (χ0) is 39.5. The summed E-state index contributed by atoms with van der Waals surface area (Å²) >= 11 is 1.22. The van der Waals surface area contributed by atoms with Crippen LogP contribution in [0.2, 0.25) is 22.2 Å². The molecule has 0 aliphatic carbocycles. The van der Waals surface area contributed by atoms with Gasteiger partial charge in [0.2, 0.25) is 0 Å². The molecule has 53 heavy (non-hydrogen) atoms. The Morgan fingerprint density at radius 1 is 1.00 bits per heavy atom. The molecule has 2 saturated heterocycles. The van der Waals surface area contributed by atoms with Crippen LogP contribution < -0.4 is 5.32 Å². The number of esters is 1. The number of nitrogens with zero attached hydrogens (tertiary/aromatic N) is 2. The lowest BCUT2D eigenvalue weighted by Gasteiger charge is -2.51. The number of hydrogen-bond donors (Lipinski definition) is 2. The van der Waals surface area contributed by atoms with E-state index >= 15 is 0 Å². The number of H-pyrrole nitrogens is 1. The number of aromatic amines is 1. The molecular formula is C38H60N4O8SSi2. The first-order chi connectivity index (χ1) is 24.8. The van der Waals surface area contributed by atoms with Crippen LogP contribution in [0.25, 0.3) is 0 Å². The Kier molecular flexibility index (Phi) is 13.9. The van der Waals surface area contributed by atoms with Gasteiger partial charge in [0.15, 0.2) is 10.9 Å². The summed E-state index contributed by atoms with van der Waals surface area (Å²) in [7, 11) is -5.96. The summed E-state index contributed by atoms with van der Waals surface area (Å²) in [5, 5.41) is 3.15. The van der Waals surface area contributed by atoms with E-state index in [0.717, 1.165) is 0 Å². The zero-order valence-electron chi connectivity index (χ0n) is 33.7. The van der Waals surface area contributed by atoms with E-state index in [1.54, 1.807) is 48.5 Å². The lowest BCUT2D eigenvalue weighted by molar-refractivity contribution is -0.00931. The van der Waals surface area contributed by atoms with Crippen LogP contribution in [0.5, 0.6) is 0 Å². The minimum atomic E-state index is -3.03. The second-order valence-electron chi connectivity index (χ2n) is 16.0. The molecule has 12 nitrogen and oxygen atoms in total. The van der Waals surface area contributed by atoms with Gasteiger partial charge in [-0.2, -0.15) is 0 Å². The number of nitrogens with one attached hydrogen (secondary N) is 2. The summed E-state index contributed by atoms with van der Waals surface area (Å²) < 4.78 is 33.5. The van der Waals surface area contributed by atoms with Gasteiger partial charge in [-0.1, -0.05) is 85.4 Å². The highest BCUT2D eigenvalue weighted by Gasteiger charge is 2.61. The minimum absolute atomic E-state index is 0.0865. The Balaban J connectivity index is 1.93. The molecule has 2 N–H and O–H groups in total. The van der Waals surface area contributed by atoms with E-state index in [-0.39, 0.29) is 57.8 Å². The molecule has 0 spiro atoms. The summed E-state index contributed by atoms with van der Waals surface area (Å²) in [4.78, 5) is 50.8. The van der Waals surface area contributed by atoms with Crippen molar-refractivity contribution in [2.45, 2.75) is 135 Å². The van der Waals surface area contributed by atoms with Crippen LogP contribution in [0.3, 0.4) is 0 Å². The zero-order valence-corrected chi connectivity index (χ0v) is 36.5. The van der Waals surface area contributed by atoms with Gasteiger partial charge < -0.3 is 32.7 Å². The first kappa shape index (κ1) is 42.8. The van der Waals surface area contributed by atoms with E-state index < -0.39 is 53.0 Å². The molecule has 2 fully saturated rings. The van der Waals surface area contributed by atoms with Crippen molar-refractivity contribution < 1.29 is 36.8 Å². The molecule has 0 radical (unpaired) electrons. The molecule has 3 heterocycles. The summed E-state index contributed by atoms with van der Waals surface area (Å²) in [5.41, 5.74) is 1.01. The van der Waals surface area contributed by atoms with Crippen LogP contribution in [0, 0.1) is 0 Å². The van der Waals surface area contributed by atoms with Gasteiger partial charge in [0.05, 0.1) is 31.4 Å². The van der Waals surface area contributed by atoms with Gasteiger partial charge in [-0.3, -0.25) is 9.69 Å². The number of fused-ring (bicyclic) bond motifs is 1. The van der Waals surface area contributed by atoms with Gasteiger partial charge in [-0.05, 0) is 74.7 Å². The highest BCUT2D eigenvalue weighted by molar-refractivity contribution is 8.13. The molecule has 3 atom stereocenters. The summed E-state index contributed by atoms with van der Waals surface area (Å²) in [6.07, 6.45) is 2.86. The molecule has 4 rings (SSSR count). The molecule has 15 heteroatoms. The normalized spacial score (nSPS) is 21.8. The molecule has 0 saturated carbocycles. The number of thioether (sulfide) groups is 1. The Morgan fingerprint density at radius 2 is 1.60 bits per heavy atom. The standard InChI is InChI=1S/C38H60N4O8SSi2/c1-14-46-35(44)33-32(40-36(51-13)41-34(43)27-18-16-15-17-19-27)28(21-39-33)29-20-31-30(42(29)37(45)48-38(10,11)12)22-47-52(23(2)3,24(4)5)50-53(49-31,25(6)7)26(8)9/h15-19,21,23-26,29-31,39H,14,20,22H2,1-13H3,(H,40,41,43)/t29-,30-,31+/m1/s1. The smallest absolute Gasteiger partial charge is 0.411 e. The largest absolute Gasteiger partial charge is 0.461 e. The van der Waals surface area contributed by atoms with Crippen LogP contribution in [0.4, 0.5) is 10.5 Å². The molecule has 294 valence electrons. The predicted molar refractivity (Wildman–Crippen MR) is 214 cm³/mol. The Labute approximate surface area is 322 Å². The van der Waals surface area contributed by atoms with E-state index in [9.17, 15) is 14.4 Å². The van der Waals surface area contributed by atoms with Gasteiger partial charge in [-0.25, -0.2) is 14.6 Å². The predicted octanol–water partition coefficient (Wildman–Crippen LogP) is 8.98. The molecule has 2 aliphatic rings. The Morgan fingerprint density at radius 3 is 2.13 bits per heavy atom. The quantitative estimate of drug-likeness (QED) is 0.110. The third-order valence-electron chi connectivity index (χ3n) is 9.92. The van der Waals surface area contributed by atoms with Gasteiger partial charge in [0.1, 0.15) is 11.3 Å². The first-order valence-electron chi connectivity index (χ1n) is 18.7. The topological polar surface area (TPSA) is 141 Å². The number of aromatic nitrogens is 1. The molecule has 2 aliphatic heterocycles. The molecule has 0 bridgehead atoms. The van der Waals surface area contributed by atoms with Crippen LogP contribution in [0.15, 0.2) is 41.5 Å². The third kappa shape index (κ3) is 9.13. The van der Waals surface area contributed by atoms with Crippen LogP contribution in [0.1, 0.15) is 122 Å². The van der Waals surface area contributed by atoms with Crippen molar-refractivity contribution in [3.05, 3.63) is 53.3 Å². The minimum Gasteiger partial charge on any atom is -0.461 e. The van der Waals surface area contributed by atoms with Gasteiger partial charge in [0.25, 0.3) is 5.91 Å². The van der Waals surface area contributed by atoms with E-state index in [1.807, 2.05) is 26.8 Å². The molecule has 1 aromatic carbocycles. The lowest BCUT2D eigenvalue weighted by atomic mass is 10.0. The first-order valence-corrected chi connectivity index (χ1v) is 23.9. The highest BCUT2D eigenvalue weighted by atomic mass is 32.2. The number of amides is 2. The van der Waals surface area contributed by atoms with E-state index in [2.05, 4.69) is 65.7 Å². The molecule has 2 aromatic rings. The summed E-state index contributed by atoms with van der Waals surface area (Å²) in [6.45, 7) is 24.9. The maximum Gasteiger partial charge on any atom is 0.411 e. The number of hydrogen-bond acceptors (Lipinski definition) is 10. The van der Waals surface area contributed by atoms with Crippen LogP contribution in [-0.4, -0.2) is 87.4 Å². The number of likely N-dealkylation sites (tertiary alicyclic amines) is 1. The highest BCUT2D eigenvalue weighted by Crippen LogP contribution is 2.51. The number of benzene rings is 1. The van der Waals surface area contributed by atoms with E-state index in [0.29, 0.717) is 17.5 Å².